The molecule has 0 spiro atoms. The molecule has 130 valence electrons. The largest absolute Gasteiger partial charge is 0.462 e. The lowest BCUT2D eigenvalue weighted by atomic mass is 9.96. The highest BCUT2D eigenvalue weighted by Crippen LogP contribution is 2.17. The summed E-state index contributed by atoms with van der Waals surface area (Å²) in [6.07, 6.45) is 7.62. The number of aromatic nitrogens is 1. The molecule has 0 unspecified atom stereocenters. The highest BCUT2D eigenvalue weighted by atomic mass is 32.1. The first kappa shape index (κ1) is 18.3. The van der Waals surface area contributed by atoms with Gasteiger partial charge in [0.05, 0.1) is 6.61 Å². The van der Waals surface area contributed by atoms with Gasteiger partial charge in [-0.3, -0.25) is 9.36 Å². The van der Waals surface area contributed by atoms with Gasteiger partial charge in [-0.2, -0.15) is 5.26 Å². The van der Waals surface area contributed by atoms with E-state index in [4.69, 9.17) is 4.74 Å². The van der Waals surface area contributed by atoms with Crippen LogP contribution in [0.25, 0.3) is 11.8 Å². The maximum Gasteiger partial charge on any atom is 0.351 e. The van der Waals surface area contributed by atoms with Crippen LogP contribution in [0.3, 0.4) is 0 Å². The van der Waals surface area contributed by atoms with Crippen LogP contribution in [-0.2, 0) is 16.1 Å². The molecule has 1 N–H and O–H groups in total. The van der Waals surface area contributed by atoms with Crippen LogP contribution in [0.15, 0.2) is 4.79 Å². The fraction of sp³-hybridized carbons (Fsp3) is 0.588. The Bertz CT molecular complexity index is 795. The highest BCUT2D eigenvalue weighted by molar-refractivity contribution is 7.07. The first-order valence-corrected chi connectivity index (χ1v) is 9.21. The highest BCUT2D eigenvalue weighted by Gasteiger charge is 2.16. The van der Waals surface area contributed by atoms with E-state index in [-0.39, 0.29) is 17.7 Å². The summed E-state index contributed by atoms with van der Waals surface area (Å²) >= 11 is 1.16. The van der Waals surface area contributed by atoms with Crippen LogP contribution in [0.2, 0.25) is 0 Å². The quantitative estimate of drug-likeness (QED) is 0.796. The van der Waals surface area contributed by atoms with Crippen LogP contribution >= 0.6 is 11.3 Å². The second-order valence-electron chi connectivity index (χ2n) is 5.67. The molecule has 0 bridgehead atoms. The van der Waals surface area contributed by atoms with Gasteiger partial charge in [0, 0.05) is 18.8 Å². The third-order valence-electron chi connectivity index (χ3n) is 4.08. The zero-order chi connectivity index (χ0) is 17.5. The second-order valence-corrected chi connectivity index (χ2v) is 6.70. The Morgan fingerprint density at radius 3 is 2.71 bits per heavy atom. The van der Waals surface area contributed by atoms with E-state index in [0.29, 0.717) is 21.8 Å². The molecule has 24 heavy (non-hydrogen) atoms. The summed E-state index contributed by atoms with van der Waals surface area (Å²) < 4.78 is 7.24. The van der Waals surface area contributed by atoms with Gasteiger partial charge in [0.2, 0.25) is 0 Å². The van der Waals surface area contributed by atoms with E-state index in [2.05, 4.69) is 5.32 Å². The van der Waals surface area contributed by atoms with E-state index in [1.54, 1.807) is 13.1 Å². The van der Waals surface area contributed by atoms with Crippen LogP contribution in [-0.4, -0.2) is 23.2 Å². The molecule has 7 heteroatoms. The number of carbonyl (C=O) groups excluding carboxylic acids is 1. The average Bonchev–Trinajstić information content (AvgIpc) is 2.90. The predicted molar refractivity (Wildman–Crippen MR) is 93.6 cm³/mol. The van der Waals surface area contributed by atoms with Crippen molar-refractivity contribution >= 4 is 29.1 Å². The van der Waals surface area contributed by atoms with Crippen molar-refractivity contribution in [3.8, 4) is 6.07 Å². The van der Waals surface area contributed by atoms with E-state index in [1.165, 1.54) is 23.8 Å². The zero-order valence-corrected chi connectivity index (χ0v) is 14.9. The van der Waals surface area contributed by atoms with Crippen LogP contribution in [0.1, 0.15) is 46.0 Å². The summed E-state index contributed by atoms with van der Waals surface area (Å²) in [5, 5.41) is 12.6. The molecule has 1 heterocycles. The predicted octanol–water partition coefficient (Wildman–Crippen LogP) is 0.827. The molecule has 0 saturated heterocycles. The third-order valence-corrected chi connectivity index (χ3v) is 5.21. The van der Waals surface area contributed by atoms with Crippen LogP contribution in [0, 0.1) is 11.3 Å². The number of nitriles is 1. The number of esters is 1. The minimum Gasteiger partial charge on any atom is -0.462 e. The summed E-state index contributed by atoms with van der Waals surface area (Å²) in [5.74, 6) is -0.685. The molecule has 1 fully saturated rings. The Labute approximate surface area is 145 Å². The number of nitrogens with zero attached hydrogens (tertiary/aromatic N) is 2. The molecule has 1 aromatic rings. The molecule has 0 aliphatic heterocycles. The third kappa shape index (κ3) is 4.06. The first-order valence-electron chi connectivity index (χ1n) is 8.39. The van der Waals surface area contributed by atoms with Gasteiger partial charge >= 0.3 is 5.97 Å². The fourth-order valence-electron chi connectivity index (χ4n) is 2.84. The van der Waals surface area contributed by atoms with Crippen molar-refractivity contribution < 1.29 is 9.53 Å². The summed E-state index contributed by atoms with van der Waals surface area (Å²) in [6, 6.07) is 2.27. The standard InChI is InChI=1S/C17H23N3O3S/c1-3-20-15(21)14(11-19-12-8-6-5-7-9-12)24-16(20)13(10-18)17(22)23-4-2/h11-12,19H,3-9H2,1-2H3/b14-11+,16-13-. The summed E-state index contributed by atoms with van der Waals surface area (Å²) in [5.41, 5.74) is -0.295. The summed E-state index contributed by atoms with van der Waals surface area (Å²) in [6.45, 7) is 4.08. The monoisotopic (exact) mass is 349 g/mol. The van der Waals surface area contributed by atoms with E-state index in [9.17, 15) is 14.9 Å². The number of carbonyl (C=O) groups is 1. The number of thiazole rings is 1. The minimum absolute atomic E-state index is 0.113. The fourth-order valence-corrected chi connectivity index (χ4v) is 3.93. The van der Waals surface area contributed by atoms with E-state index in [0.717, 1.165) is 24.2 Å². The number of hydrogen-bond donors (Lipinski definition) is 1. The summed E-state index contributed by atoms with van der Waals surface area (Å²) in [4.78, 5) is 24.5. The second kappa shape index (κ2) is 8.69. The normalized spacial score (nSPS) is 17.3. The van der Waals surface area contributed by atoms with Gasteiger partial charge in [-0.05, 0) is 26.7 Å². The van der Waals surface area contributed by atoms with Crippen molar-refractivity contribution in [3.05, 3.63) is 19.5 Å². The topological polar surface area (TPSA) is 84.1 Å². The number of ether oxygens (including phenoxy) is 1. The van der Waals surface area contributed by atoms with Gasteiger partial charge in [-0.1, -0.05) is 19.3 Å². The molecule has 2 rings (SSSR count). The van der Waals surface area contributed by atoms with Gasteiger partial charge in [-0.15, -0.1) is 11.3 Å². The van der Waals surface area contributed by atoms with Gasteiger partial charge < -0.3 is 10.1 Å². The van der Waals surface area contributed by atoms with Crippen molar-refractivity contribution in [2.24, 2.45) is 0 Å². The summed E-state index contributed by atoms with van der Waals surface area (Å²) in [7, 11) is 0. The van der Waals surface area contributed by atoms with Gasteiger partial charge in [0.25, 0.3) is 5.56 Å². The van der Waals surface area contributed by atoms with Crippen molar-refractivity contribution in [2.75, 3.05) is 6.61 Å². The Hall–Kier alpha value is -2.07. The van der Waals surface area contributed by atoms with Gasteiger partial charge in [-0.25, -0.2) is 4.79 Å². The van der Waals surface area contributed by atoms with Crippen LogP contribution in [0.4, 0.5) is 0 Å². The van der Waals surface area contributed by atoms with Crippen molar-refractivity contribution in [3.63, 3.8) is 0 Å². The maximum absolute atomic E-state index is 12.5. The van der Waals surface area contributed by atoms with E-state index in [1.807, 2.05) is 13.0 Å². The number of hydrogen-bond acceptors (Lipinski definition) is 6. The zero-order valence-electron chi connectivity index (χ0n) is 14.1. The molecule has 0 amide bonds. The molecule has 0 aromatic carbocycles. The van der Waals surface area contributed by atoms with Crippen molar-refractivity contribution in [1.82, 2.24) is 9.88 Å². The number of rotatable bonds is 5. The van der Waals surface area contributed by atoms with Gasteiger partial charge in [0.15, 0.2) is 5.57 Å². The Morgan fingerprint density at radius 2 is 2.12 bits per heavy atom. The van der Waals surface area contributed by atoms with Crippen LogP contribution < -0.4 is 20.1 Å². The van der Waals surface area contributed by atoms with Crippen LogP contribution in [0.5, 0.6) is 0 Å². The SMILES string of the molecule is CCOC(=O)/C(C#N)=c1\s/c(=C/NC2CCCCC2)c(=O)n1CC. The minimum atomic E-state index is -0.685. The molecular formula is C17H23N3O3S. The molecule has 0 atom stereocenters. The molecule has 6 nitrogen and oxygen atoms in total. The lowest BCUT2D eigenvalue weighted by Crippen LogP contribution is -2.34. The average molecular weight is 349 g/mol. The van der Waals surface area contributed by atoms with Crippen molar-refractivity contribution in [2.45, 2.75) is 58.5 Å². The first-order chi connectivity index (χ1) is 11.6. The lowest BCUT2D eigenvalue weighted by Gasteiger charge is -2.21. The lowest BCUT2D eigenvalue weighted by molar-refractivity contribution is -0.136. The number of nitrogens with one attached hydrogen (secondary N) is 1. The smallest absolute Gasteiger partial charge is 0.351 e. The molecule has 1 aliphatic carbocycles. The van der Waals surface area contributed by atoms with Gasteiger partial charge in [0.1, 0.15) is 15.3 Å². The Balaban J connectivity index is 2.45. The molecule has 1 saturated carbocycles. The maximum atomic E-state index is 12.5. The molecule has 1 aliphatic rings. The van der Waals surface area contributed by atoms with Crippen molar-refractivity contribution in [1.29, 1.82) is 5.26 Å². The molecule has 1 aromatic heterocycles. The Morgan fingerprint density at radius 1 is 1.42 bits per heavy atom. The van der Waals surface area contributed by atoms with E-state index < -0.39 is 5.97 Å². The molecular weight excluding hydrogens is 326 g/mol. The van der Waals surface area contributed by atoms with E-state index >= 15 is 0 Å². The molecule has 0 radical (unpaired) electrons. The Kier molecular flexibility index (Phi) is 6.62.